The number of nitrogens with one attached hydrogen (secondary N) is 2. The van der Waals surface area contributed by atoms with Crippen LogP contribution < -0.4 is 10.0 Å². The lowest BCUT2D eigenvalue weighted by molar-refractivity contribution is 0.0745. The molecule has 1 aliphatic rings. The summed E-state index contributed by atoms with van der Waals surface area (Å²) in [7, 11) is -2.08. The molecule has 1 aliphatic heterocycles. The molecule has 2 aromatic carbocycles. The fourth-order valence-electron chi connectivity index (χ4n) is 2.91. The highest BCUT2D eigenvalue weighted by Crippen LogP contribution is 2.26. The van der Waals surface area contributed by atoms with Crippen molar-refractivity contribution < 1.29 is 13.2 Å². The van der Waals surface area contributed by atoms with Crippen molar-refractivity contribution in [2.24, 2.45) is 0 Å². The molecule has 1 amide bonds. The highest BCUT2D eigenvalue weighted by Gasteiger charge is 2.27. The van der Waals surface area contributed by atoms with Crippen LogP contribution in [0.1, 0.15) is 16.8 Å². The zero-order valence-electron chi connectivity index (χ0n) is 14.3. The molecule has 1 fully saturated rings. The number of carbonyl (C=O) groups is 1. The monoisotopic (exact) mass is 393 g/mol. The zero-order chi connectivity index (χ0) is 18.7. The van der Waals surface area contributed by atoms with Crippen LogP contribution in [-0.2, 0) is 10.0 Å². The minimum absolute atomic E-state index is 0.0695. The SMILES string of the molecule is CN(C(=O)c1cc(Cl)ccc1NS(=O)(=O)c1ccccc1)C1CCNC1. The van der Waals surface area contributed by atoms with Gasteiger partial charge in [-0.05, 0) is 43.3 Å². The predicted octanol–water partition coefficient (Wildman–Crippen LogP) is 2.57. The van der Waals surface area contributed by atoms with Crippen LogP contribution in [0.3, 0.4) is 0 Å². The molecule has 1 heterocycles. The van der Waals surface area contributed by atoms with Gasteiger partial charge in [-0.2, -0.15) is 0 Å². The molecule has 3 rings (SSSR count). The van der Waals surface area contributed by atoms with Crippen LogP contribution in [0.5, 0.6) is 0 Å². The number of likely N-dealkylation sites (N-methyl/N-ethyl adjacent to an activating group) is 1. The van der Waals surface area contributed by atoms with Crippen molar-refractivity contribution >= 4 is 33.2 Å². The number of nitrogens with zero attached hydrogens (tertiary/aromatic N) is 1. The Morgan fingerprint density at radius 1 is 1.23 bits per heavy atom. The van der Waals surface area contributed by atoms with Crippen molar-refractivity contribution in [3.8, 4) is 0 Å². The van der Waals surface area contributed by atoms with Gasteiger partial charge < -0.3 is 10.2 Å². The molecule has 1 atom stereocenters. The lowest BCUT2D eigenvalue weighted by atomic mass is 10.1. The average molecular weight is 394 g/mol. The van der Waals surface area contributed by atoms with Crippen LogP contribution in [0.15, 0.2) is 53.4 Å². The van der Waals surface area contributed by atoms with Gasteiger partial charge in [0.25, 0.3) is 15.9 Å². The molecule has 6 nitrogen and oxygen atoms in total. The van der Waals surface area contributed by atoms with E-state index in [0.717, 1.165) is 13.0 Å². The molecule has 0 bridgehead atoms. The number of amides is 1. The molecule has 2 aromatic rings. The number of hydrogen-bond acceptors (Lipinski definition) is 4. The van der Waals surface area contributed by atoms with Crippen molar-refractivity contribution in [2.75, 3.05) is 24.9 Å². The summed E-state index contributed by atoms with van der Waals surface area (Å²) in [5, 5.41) is 3.58. The molecular weight excluding hydrogens is 374 g/mol. The second-order valence-electron chi connectivity index (χ2n) is 6.17. The summed E-state index contributed by atoms with van der Waals surface area (Å²) in [5.74, 6) is -0.271. The second-order valence-corrected chi connectivity index (χ2v) is 8.29. The van der Waals surface area contributed by atoms with Crippen molar-refractivity contribution in [3.63, 3.8) is 0 Å². The first-order valence-corrected chi connectivity index (χ1v) is 10.1. The van der Waals surface area contributed by atoms with E-state index < -0.39 is 10.0 Å². The maximum absolute atomic E-state index is 12.9. The van der Waals surface area contributed by atoms with E-state index in [4.69, 9.17) is 11.6 Å². The minimum Gasteiger partial charge on any atom is -0.337 e. The summed E-state index contributed by atoms with van der Waals surface area (Å²) in [4.78, 5) is 14.7. The predicted molar refractivity (Wildman–Crippen MR) is 102 cm³/mol. The number of benzene rings is 2. The quantitative estimate of drug-likeness (QED) is 0.818. The van der Waals surface area contributed by atoms with Crippen LogP contribution in [0, 0.1) is 0 Å². The first-order chi connectivity index (χ1) is 12.4. The summed E-state index contributed by atoms with van der Waals surface area (Å²) in [6.07, 6.45) is 0.855. The van der Waals surface area contributed by atoms with Crippen molar-refractivity contribution in [1.29, 1.82) is 0 Å². The highest BCUT2D eigenvalue weighted by molar-refractivity contribution is 7.92. The molecule has 0 saturated carbocycles. The van der Waals surface area contributed by atoms with Gasteiger partial charge in [-0.3, -0.25) is 9.52 Å². The molecule has 138 valence electrons. The summed E-state index contributed by atoms with van der Waals surface area (Å²) >= 11 is 6.05. The molecular formula is C18H20ClN3O3S. The molecule has 2 N–H and O–H groups in total. The fourth-order valence-corrected chi connectivity index (χ4v) is 4.18. The number of halogens is 1. The van der Waals surface area contributed by atoms with Gasteiger partial charge in [0.05, 0.1) is 16.1 Å². The minimum atomic E-state index is -3.80. The van der Waals surface area contributed by atoms with Gasteiger partial charge in [0.1, 0.15) is 0 Å². The molecule has 1 saturated heterocycles. The maximum atomic E-state index is 12.9. The molecule has 0 spiro atoms. The topological polar surface area (TPSA) is 78.5 Å². The van der Waals surface area contributed by atoms with Crippen LogP contribution in [0.25, 0.3) is 0 Å². The number of sulfonamides is 1. The van der Waals surface area contributed by atoms with Crippen molar-refractivity contribution in [2.45, 2.75) is 17.4 Å². The normalized spacial score (nSPS) is 17.1. The largest absolute Gasteiger partial charge is 0.337 e. The molecule has 8 heteroatoms. The molecule has 1 unspecified atom stereocenters. The molecule has 0 aliphatic carbocycles. The van der Waals surface area contributed by atoms with Crippen molar-refractivity contribution in [3.05, 3.63) is 59.1 Å². The van der Waals surface area contributed by atoms with E-state index in [-0.39, 0.29) is 28.1 Å². The number of hydrogen-bond donors (Lipinski definition) is 2. The van der Waals surface area contributed by atoms with E-state index in [1.54, 1.807) is 36.2 Å². The smallest absolute Gasteiger partial charge is 0.261 e. The van der Waals surface area contributed by atoms with Crippen LogP contribution >= 0.6 is 11.6 Å². The van der Waals surface area contributed by atoms with E-state index >= 15 is 0 Å². The second kappa shape index (κ2) is 7.65. The molecule has 0 radical (unpaired) electrons. The third-order valence-electron chi connectivity index (χ3n) is 4.41. The fraction of sp³-hybridized carbons (Fsp3) is 0.278. The van der Waals surface area contributed by atoms with E-state index in [1.165, 1.54) is 24.3 Å². The van der Waals surface area contributed by atoms with E-state index in [2.05, 4.69) is 10.0 Å². The standard InChI is InChI=1S/C18H20ClN3O3S/c1-22(14-9-10-20-12-14)18(23)16-11-13(19)7-8-17(16)21-26(24,25)15-5-3-2-4-6-15/h2-8,11,14,20-21H,9-10,12H2,1H3. The first-order valence-electron chi connectivity index (χ1n) is 8.24. The third kappa shape index (κ3) is 4.00. The number of rotatable bonds is 5. The molecule has 26 heavy (non-hydrogen) atoms. The third-order valence-corrected chi connectivity index (χ3v) is 6.03. The summed E-state index contributed by atoms with van der Waals surface area (Å²) < 4.78 is 27.7. The Bertz CT molecular complexity index is 897. The van der Waals surface area contributed by atoms with Gasteiger partial charge in [0, 0.05) is 24.7 Å². The summed E-state index contributed by atoms with van der Waals surface area (Å²) in [6.45, 7) is 1.57. The highest BCUT2D eigenvalue weighted by atomic mass is 35.5. The maximum Gasteiger partial charge on any atom is 0.261 e. The van der Waals surface area contributed by atoms with Gasteiger partial charge >= 0.3 is 0 Å². The Balaban J connectivity index is 1.92. The van der Waals surface area contributed by atoms with Crippen molar-refractivity contribution in [1.82, 2.24) is 10.2 Å². The van der Waals surface area contributed by atoms with Gasteiger partial charge in [0.2, 0.25) is 0 Å². The number of anilines is 1. The zero-order valence-corrected chi connectivity index (χ0v) is 15.8. The number of carbonyl (C=O) groups excluding carboxylic acids is 1. The Morgan fingerprint density at radius 3 is 2.62 bits per heavy atom. The van der Waals surface area contributed by atoms with Crippen LogP contribution in [-0.4, -0.2) is 45.4 Å². The summed E-state index contributed by atoms with van der Waals surface area (Å²) in [5.41, 5.74) is 0.437. The first kappa shape index (κ1) is 18.7. The van der Waals surface area contributed by atoms with Gasteiger partial charge in [-0.25, -0.2) is 8.42 Å². The summed E-state index contributed by atoms with van der Waals surface area (Å²) in [6, 6.07) is 12.6. The van der Waals surface area contributed by atoms with Gasteiger partial charge in [-0.1, -0.05) is 29.8 Å². The average Bonchev–Trinajstić information content (AvgIpc) is 3.17. The Morgan fingerprint density at radius 2 is 1.96 bits per heavy atom. The van der Waals surface area contributed by atoms with E-state index in [9.17, 15) is 13.2 Å². The Kier molecular flexibility index (Phi) is 5.50. The van der Waals surface area contributed by atoms with Gasteiger partial charge in [-0.15, -0.1) is 0 Å². The molecule has 0 aromatic heterocycles. The Labute approximate surface area is 158 Å². The van der Waals surface area contributed by atoms with Crippen LogP contribution in [0.2, 0.25) is 5.02 Å². The lowest BCUT2D eigenvalue weighted by Crippen LogP contribution is -2.38. The van der Waals surface area contributed by atoms with E-state index in [0.29, 0.717) is 11.6 Å². The Hall–Kier alpha value is -2.09. The van der Waals surface area contributed by atoms with Gasteiger partial charge in [0.15, 0.2) is 0 Å². The lowest BCUT2D eigenvalue weighted by Gasteiger charge is -2.25. The van der Waals surface area contributed by atoms with E-state index in [1.807, 2.05) is 0 Å². The van der Waals surface area contributed by atoms with Crippen LogP contribution in [0.4, 0.5) is 5.69 Å².